The summed E-state index contributed by atoms with van der Waals surface area (Å²) in [5, 5.41) is 22.4. The minimum absolute atomic E-state index is 0.00380. The van der Waals surface area contributed by atoms with Crippen molar-refractivity contribution in [2.45, 2.75) is 50.9 Å². The van der Waals surface area contributed by atoms with E-state index in [2.05, 4.69) is 10.3 Å². The van der Waals surface area contributed by atoms with Crippen LogP contribution in [0.3, 0.4) is 0 Å². The number of nitrogens with one attached hydrogen (secondary N) is 1. The van der Waals surface area contributed by atoms with E-state index in [1.165, 1.54) is 19.2 Å². The molecule has 10 nitrogen and oxygen atoms in total. The molecule has 3 aromatic carbocycles. The van der Waals surface area contributed by atoms with Crippen LogP contribution < -0.4 is 5.32 Å². The molecule has 3 unspecified atom stereocenters. The number of carbonyl (C=O) groups is 3. The standard InChI is InChI=1S/C34H40N3O7P/c1-4-19-37(20-5-2)33(41)26-16-12-15-25(22-26)31(40)36-29(21-24-13-8-6-9-14-24)34(42,45-43)28(23-30(38)39)32(44-3)35-27-17-10-7-11-18-27/h6-18,22,28-29,42H,4-5,19-21,23H2,1-3H3,(H,36,40)(H,38,39). The summed E-state index contributed by atoms with van der Waals surface area (Å²) in [5.74, 6) is -3.73. The average molecular weight is 634 g/mol. The number of ether oxygens (including phenoxy) is 1. The van der Waals surface area contributed by atoms with Gasteiger partial charge < -0.3 is 25.2 Å². The Morgan fingerprint density at radius 3 is 2.09 bits per heavy atom. The Bertz CT molecular complexity index is 1460. The third kappa shape index (κ3) is 9.54. The molecule has 0 aliphatic carbocycles. The first-order valence-electron chi connectivity index (χ1n) is 14.9. The van der Waals surface area contributed by atoms with Gasteiger partial charge in [-0.3, -0.25) is 18.9 Å². The van der Waals surface area contributed by atoms with Gasteiger partial charge in [0.05, 0.1) is 31.2 Å². The van der Waals surface area contributed by atoms with Gasteiger partial charge in [0, 0.05) is 24.2 Å². The van der Waals surface area contributed by atoms with Gasteiger partial charge >= 0.3 is 5.97 Å². The summed E-state index contributed by atoms with van der Waals surface area (Å²) in [7, 11) is 0.431. The predicted octanol–water partition coefficient (Wildman–Crippen LogP) is 5.74. The summed E-state index contributed by atoms with van der Waals surface area (Å²) in [6.07, 6.45) is 0.876. The summed E-state index contributed by atoms with van der Waals surface area (Å²) in [5.41, 5.74) is 1.61. The summed E-state index contributed by atoms with van der Waals surface area (Å²) < 4.78 is 18.4. The maximum absolute atomic E-state index is 13.7. The molecule has 238 valence electrons. The van der Waals surface area contributed by atoms with Crippen molar-refractivity contribution in [1.82, 2.24) is 10.2 Å². The number of carboxylic acid groups (broad SMARTS) is 1. The zero-order valence-electron chi connectivity index (χ0n) is 25.8. The zero-order chi connectivity index (χ0) is 32.8. The first-order chi connectivity index (χ1) is 21.7. The van der Waals surface area contributed by atoms with Crippen LogP contribution in [0.1, 0.15) is 59.4 Å². The Labute approximate surface area is 265 Å². The van der Waals surface area contributed by atoms with Gasteiger partial charge in [-0.15, -0.1) is 0 Å². The monoisotopic (exact) mass is 633 g/mol. The molecule has 0 saturated carbocycles. The first-order valence-corrected chi connectivity index (χ1v) is 15.7. The Kier molecular flexibility index (Phi) is 13.4. The van der Waals surface area contributed by atoms with E-state index >= 15 is 0 Å². The van der Waals surface area contributed by atoms with Gasteiger partial charge in [-0.1, -0.05) is 68.4 Å². The van der Waals surface area contributed by atoms with Crippen LogP contribution in [-0.4, -0.2) is 70.4 Å². The highest BCUT2D eigenvalue weighted by Gasteiger charge is 2.50. The minimum Gasteiger partial charge on any atom is -0.484 e. The lowest BCUT2D eigenvalue weighted by molar-refractivity contribution is -0.139. The molecule has 0 radical (unpaired) electrons. The molecule has 3 N–H and O–H groups in total. The lowest BCUT2D eigenvalue weighted by atomic mass is 9.87. The molecule has 0 heterocycles. The second kappa shape index (κ2) is 17.2. The fraction of sp³-hybridized carbons (Fsp3) is 0.353. The Morgan fingerprint density at radius 1 is 0.933 bits per heavy atom. The van der Waals surface area contributed by atoms with Crippen molar-refractivity contribution in [3.63, 3.8) is 0 Å². The lowest BCUT2D eigenvalue weighted by Crippen LogP contribution is -2.57. The smallest absolute Gasteiger partial charge is 0.304 e. The molecule has 0 spiro atoms. The van der Waals surface area contributed by atoms with Crippen LogP contribution in [0.5, 0.6) is 0 Å². The number of para-hydroxylation sites is 1. The number of aliphatic imine (C=N–C) groups is 1. The fourth-order valence-corrected chi connectivity index (χ4v) is 5.70. The van der Waals surface area contributed by atoms with Gasteiger partial charge in [0.1, 0.15) is 0 Å². The number of benzene rings is 3. The molecule has 0 saturated heterocycles. The van der Waals surface area contributed by atoms with E-state index in [9.17, 15) is 29.2 Å². The summed E-state index contributed by atoms with van der Waals surface area (Å²) >= 11 is 0. The summed E-state index contributed by atoms with van der Waals surface area (Å²) in [4.78, 5) is 45.2. The van der Waals surface area contributed by atoms with Gasteiger partial charge in [-0.2, -0.15) is 0 Å². The molecular weight excluding hydrogens is 593 g/mol. The Hall–Kier alpha value is -4.40. The van der Waals surface area contributed by atoms with E-state index in [1.807, 2.05) is 13.8 Å². The zero-order valence-corrected chi connectivity index (χ0v) is 26.7. The summed E-state index contributed by atoms with van der Waals surface area (Å²) in [6.45, 7) is 5.13. The van der Waals surface area contributed by atoms with Gasteiger partial charge in [0.2, 0.25) is 0 Å². The van der Waals surface area contributed by atoms with Crippen molar-refractivity contribution in [3.8, 4) is 0 Å². The lowest BCUT2D eigenvalue weighted by Gasteiger charge is -2.37. The molecular formula is C34H40N3O7P. The number of nitrogens with zero attached hydrogens (tertiary/aromatic N) is 2. The van der Waals surface area contributed by atoms with Crippen LogP contribution in [0.25, 0.3) is 0 Å². The van der Waals surface area contributed by atoms with Crippen LogP contribution in [0, 0.1) is 5.92 Å². The number of hydrogen-bond donors (Lipinski definition) is 3. The number of carbonyl (C=O) groups excluding carboxylic acids is 2. The van der Waals surface area contributed by atoms with Crippen LogP contribution >= 0.6 is 8.46 Å². The average Bonchev–Trinajstić information content (AvgIpc) is 3.06. The number of rotatable bonds is 16. The van der Waals surface area contributed by atoms with E-state index in [0.29, 0.717) is 29.9 Å². The maximum atomic E-state index is 13.7. The molecule has 0 aliphatic rings. The van der Waals surface area contributed by atoms with Crippen molar-refractivity contribution in [2.75, 3.05) is 20.2 Å². The number of carboxylic acids is 1. The number of aliphatic carboxylic acids is 1. The molecule has 45 heavy (non-hydrogen) atoms. The van der Waals surface area contributed by atoms with E-state index < -0.39 is 44.1 Å². The second-order valence-electron chi connectivity index (χ2n) is 10.6. The highest BCUT2D eigenvalue weighted by molar-refractivity contribution is 7.25. The topological polar surface area (TPSA) is 146 Å². The molecule has 0 aromatic heterocycles. The molecule has 0 bridgehead atoms. The molecule has 3 atom stereocenters. The van der Waals surface area contributed by atoms with Gasteiger partial charge in [0.15, 0.2) is 19.7 Å². The van der Waals surface area contributed by atoms with Crippen LogP contribution in [0.15, 0.2) is 89.9 Å². The van der Waals surface area contributed by atoms with Gasteiger partial charge in [0.25, 0.3) is 11.8 Å². The van der Waals surface area contributed by atoms with Crippen molar-refractivity contribution in [1.29, 1.82) is 0 Å². The SMILES string of the molecule is CCCN(CCC)C(=O)c1cccc(C(=O)NC(Cc2ccccc2)C(O)(P=O)C(CC(=O)O)C(=Nc2ccccc2)OC)c1. The van der Waals surface area contributed by atoms with Crippen molar-refractivity contribution < 1.29 is 33.9 Å². The number of hydrogen-bond acceptors (Lipinski definition) is 7. The molecule has 11 heteroatoms. The van der Waals surface area contributed by atoms with Crippen LogP contribution in [-0.2, 0) is 20.5 Å². The van der Waals surface area contributed by atoms with Crippen LogP contribution in [0.4, 0.5) is 5.69 Å². The largest absolute Gasteiger partial charge is 0.484 e. The molecule has 2 amide bonds. The van der Waals surface area contributed by atoms with Gasteiger partial charge in [-0.25, -0.2) is 4.99 Å². The van der Waals surface area contributed by atoms with E-state index in [0.717, 1.165) is 12.8 Å². The fourth-order valence-electron chi connectivity index (χ4n) is 5.09. The number of aliphatic hydroxyl groups is 1. The highest BCUT2D eigenvalue weighted by atomic mass is 31.1. The third-order valence-electron chi connectivity index (χ3n) is 7.29. The van der Waals surface area contributed by atoms with Gasteiger partial charge in [-0.05, 0) is 55.2 Å². The number of amides is 2. The van der Waals surface area contributed by atoms with Crippen molar-refractivity contribution in [2.24, 2.45) is 10.9 Å². The van der Waals surface area contributed by atoms with E-state index in [-0.39, 0.29) is 23.8 Å². The van der Waals surface area contributed by atoms with Crippen molar-refractivity contribution in [3.05, 3.63) is 102 Å². The molecule has 0 fully saturated rings. The summed E-state index contributed by atoms with van der Waals surface area (Å²) in [6, 6.07) is 22.5. The normalized spacial score (nSPS) is 14.2. The Balaban J connectivity index is 2.06. The maximum Gasteiger partial charge on any atom is 0.304 e. The second-order valence-corrected chi connectivity index (χ2v) is 11.5. The molecule has 3 rings (SSSR count). The predicted molar refractivity (Wildman–Crippen MR) is 173 cm³/mol. The Morgan fingerprint density at radius 2 is 1.53 bits per heavy atom. The number of methoxy groups -OCH3 is 1. The van der Waals surface area contributed by atoms with E-state index in [4.69, 9.17) is 4.74 Å². The third-order valence-corrected chi connectivity index (χ3v) is 8.20. The molecule has 0 aliphatic heterocycles. The van der Waals surface area contributed by atoms with E-state index in [1.54, 1.807) is 77.7 Å². The highest BCUT2D eigenvalue weighted by Crippen LogP contribution is 2.38. The molecule has 3 aromatic rings. The van der Waals surface area contributed by atoms with Crippen molar-refractivity contribution >= 4 is 37.8 Å². The quantitative estimate of drug-likeness (QED) is 0.104. The van der Waals surface area contributed by atoms with Crippen LogP contribution in [0.2, 0.25) is 0 Å². The first kappa shape index (κ1) is 35.1. The minimum atomic E-state index is -2.38.